The SMILES string of the molecule is CCCCC(CCC)n1c(=S)[nH]c2sc(C)c(C)c2c1=O. The van der Waals surface area contributed by atoms with Crippen molar-refractivity contribution in [2.24, 2.45) is 0 Å². The minimum absolute atomic E-state index is 0.0881. The van der Waals surface area contributed by atoms with Crippen molar-refractivity contribution in [1.29, 1.82) is 0 Å². The molecule has 0 aliphatic carbocycles. The molecule has 1 N–H and O–H groups in total. The first-order valence-electron chi connectivity index (χ1n) is 7.75. The van der Waals surface area contributed by atoms with E-state index in [0.29, 0.717) is 4.77 Å². The second-order valence-corrected chi connectivity index (χ2v) is 7.29. The Morgan fingerprint density at radius 3 is 2.57 bits per heavy atom. The number of thiophene rings is 1. The van der Waals surface area contributed by atoms with Gasteiger partial charge in [0.1, 0.15) is 4.83 Å². The van der Waals surface area contributed by atoms with Gasteiger partial charge in [-0.2, -0.15) is 0 Å². The topological polar surface area (TPSA) is 37.8 Å². The summed E-state index contributed by atoms with van der Waals surface area (Å²) in [6.07, 6.45) is 5.37. The van der Waals surface area contributed by atoms with Gasteiger partial charge in [0, 0.05) is 10.9 Å². The number of nitrogens with one attached hydrogen (secondary N) is 1. The number of aromatic nitrogens is 2. The Morgan fingerprint density at radius 1 is 1.24 bits per heavy atom. The Bertz CT molecular complexity index is 739. The number of aromatic amines is 1. The maximum absolute atomic E-state index is 12.9. The summed E-state index contributed by atoms with van der Waals surface area (Å²) in [5, 5.41) is 0.823. The smallest absolute Gasteiger partial charge is 0.263 e. The van der Waals surface area contributed by atoms with E-state index in [0.717, 1.165) is 47.9 Å². The van der Waals surface area contributed by atoms with Crippen LogP contribution in [0.4, 0.5) is 0 Å². The predicted molar refractivity (Wildman–Crippen MR) is 94.2 cm³/mol. The highest BCUT2D eigenvalue weighted by Gasteiger charge is 2.18. The number of hydrogen-bond acceptors (Lipinski definition) is 3. The summed E-state index contributed by atoms with van der Waals surface area (Å²) in [4.78, 5) is 18.3. The van der Waals surface area contributed by atoms with Crippen molar-refractivity contribution in [3.63, 3.8) is 0 Å². The van der Waals surface area contributed by atoms with Crippen LogP contribution in [-0.4, -0.2) is 9.55 Å². The van der Waals surface area contributed by atoms with Crippen molar-refractivity contribution in [3.05, 3.63) is 25.6 Å². The maximum Gasteiger partial charge on any atom is 0.263 e. The molecule has 1 unspecified atom stereocenters. The lowest BCUT2D eigenvalue weighted by Crippen LogP contribution is -2.26. The highest BCUT2D eigenvalue weighted by Crippen LogP contribution is 2.27. The fraction of sp³-hybridized carbons (Fsp3) is 0.625. The molecule has 0 aliphatic rings. The normalized spacial score (nSPS) is 13.0. The molecule has 0 spiro atoms. The third-order valence-electron chi connectivity index (χ3n) is 4.14. The highest BCUT2D eigenvalue weighted by molar-refractivity contribution is 7.71. The van der Waals surface area contributed by atoms with Gasteiger partial charge in [0.2, 0.25) is 0 Å². The minimum atomic E-state index is 0.0881. The summed E-state index contributed by atoms with van der Waals surface area (Å²) in [5.74, 6) is 0. The van der Waals surface area contributed by atoms with Crippen LogP contribution in [0.3, 0.4) is 0 Å². The first kappa shape index (κ1) is 16.4. The fourth-order valence-corrected chi connectivity index (χ4v) is 4.30. The van der Waals surface area contributed by atoms with E-state index in [4.69, 9.17) is 12.2 Å². The molecule has 1 atom stereocenters. The van der Waals surface area contributed by atoms with Gasteiger partial charge in [0.05, 0.1) is 5.39 Å². The molecule has 2 rings (SSSR count). The van der Waals surface area contributed by atoms with Crippen molar-refractivity contribution in [2.75, 3.05) is 0 Å². The van der Waals surface area contributed by atoms with Gasteiger partial charge in [0.25, 0.3) is 5.56 Å². The van der Waals surface area contributed by atoms with Crippen LogP contribution in [0.15, 0.2) is 4.79 Å². The number of aryl methyl sites for hydroxylation is 2. The van der Waals surface area contributed by atoms with E-state index in [9.17, 15) is 4.79 Å². The minimum Gasteiger partial charge on any atom is -0.323 e. The molecule has 21 heavy (non-hydrogen) atoms. The third kappa shape index (κ3) is 3.14. The van der Waals surface area contributed by atoms with Gasteiger partial charge >= 0.3 is 0 Å². The van der Waals surface area contributed by atoms with Crippen LogP contribution in [0.2, 0.25) is 0 Å². The average Bonchev–Trinajstić information content (AvgIpc) is 2.71. The van der Waals surface area contributed by atoms with Crippen LogP contribution in [0, 0.1) is 18.6 Å². The lowest BCUT2D eigenvalue weighted by molar-refractivity contribution is 0.401. The van der Waals surface area contributed by atoms with Gasteiger partial charge in [0.15, 0.2) is 4.77 Å². The number of rotatable bonds is 6. The Balaban J connectivity index is 2.64. The first-order valence-corrected chi connectivity index (χ1v) is 8.98. The second-order valence-electron chi connectivity index (χ2n) is 5.68. The summed E-state index contributed by atoms with van der Waals surface area (Å²) in [6, 6.07) is 0.218. The van der Waals surface area contributed by atoms with Crippen molar-refractivity contribution >= 4 is 33.8 Å². The molecule has 0 aromatic carbocycles. The van der Waals surface area contributed by atoms with E-state index in [1.54, 1.807) is 11.3 Å². The van der Waals surface area contributed by atoms with Crippen molar-refractivity contribution < 1.29 is 0 Å². The first-order chi connectivity index (χ1) is 10.0. The van der Waals surface area contributed by atoms with Gasteiger partial charge in [-0.3, -0.25) is 9.36 Å². The summed E-state index contributed by atoms with van der Waals surface area (Å²) in [5.41, 5.74) is 1.18. The zero-order chi connectivity index (χ0) is 15.6. The summed E-state index contributed by atoms with van der Waals surface area (Å²) >= 11 is 7.10. The van der Waals surface area contributed by atoms with Gasteiger partial charge in [-0.1, -0.05) is 33.1 Å². The zero-order valence-electron chi connectivity index (χ0n) is 13.3. The molecule has 116 valence electrons. The van der Waals surface area contributed by atoms with Crippen molar-refractivity contribution in [1.82, 2.24) is 9.55 Å². The molecule has 0 saturated heterocycles. The molecule has 3 nitrogen and oxygen atoms in total. The van der Waals surface area contributed by atoms with E-state index in [-0.39, 0.29) is 11.6 Å². The molecule has 2 heterocycles. The molecule has 0 fully saturated rings. The average molecular weight is 325 g/mol. The Morgan fingerprint density at radius 2 is 1.95 bits per heavy atom. The lowest BCUT2D eigenvalue weighted by atomic mass is 10.0. The number of hydrogen-bond donors (Lipinski definition) is 1. The molecule has 0 saturated carbocycles. The predicted octanol–water partition coefficient (Wildman–Crippen LogP) is 5.27. The molecule has 5 heteroatoms. The number of fused-ring (bicyclic) bond motifs is 1. The van der Waals surface area contributed by atoms with Crippen LogP contribution < -0.4 is 5.56 Å². The van der Waals surface area contributed by atoms with E-state index in [1.165, 1.54) is 4.88 Å². The van der Waals surface area contributed by atoms with Gasteiger partial charge in [-0.25, -0.2) is 0 Å². The van der Waals surface area contributed by atoms with Crippen LogP contribution in [0.25, 0.3) is 10.2 Å². The Kier molecular flexibility index (Phi) is 5.38. The number of unbranched alkanes of at least 4 members (excludes halogenated alkanes) is 1. The Labute approximate surface area is 135 Å². The highest BCUT2D eigenvalue weighted by atomic mass is 32.1. The third-order valence-corrected chi connectivity index (χ3v) is 5.56. The summed E-state index contributed by atoms with van der Waals surface area (Å²) in [6.45, 7) is 8.43. The molecule has 0 bridgehead atoms. The number of H-pyrrole nitrogens is 1. The van der Waals surface area contributed by atoms with Crippen LogP contribution >= 0.6 is 23.6 Å². The fourth-order valence-electron chi connectivity index (χ4n) is 2.85. The van der Waals surface area contributed by atoms with Crippen LogP contribution in [-0.2, 0) is 0 Å². The second kappa shape index (κ2) is 6.88. The lowest BCUT2D eigenvalue weighted by Gasteiger charge is -2.19. The van der Waals surface area contributed by atoms with Crippen molar-refractivity contribution in [3.8, 4) is 0 Å². The molecule has 0 aliphatic heterocycles. The molecular formula is C16H24N2OS2. The monoisotopic (exact) mass is 324 g/mol. The van der Waals surface area contributed by atoms with Crippen LogP contribution in [0.5, 0.6) is 0 Å². The molecule has 0 radical (unpaired) electrons. The quantitative estimate of drug-likeness (QED) is 0.735. The maximum atomic E-state index is 12.9. The molecular weight excluding hydrogens is 300 g/mol. The van der Waals surface area contributed by atoms with Gasteiger partial charge in [-0.15, -0.1) is 11.3 Å². The van der Waals surface area contributed by atoms with E-state index < -0.39 is 0 Å². The molecule has 2 aromatic rings. The van der Waals surface area contributed by atoms with Crippen LogP contribution in [0.1, 0.15) is 62.4 Å². The molecule has 0 amide bonds. The van der Waals surface area contributed by atoms with E-state index in [1.807, 2.05) is 11.5 Å². The van der Waals surface area contributed by atoms with Crippen molar-refractivity contribution in [2.45, 2.75) is 65.8 Å². The largest absolute Gasteiger partial charge is 0.323 e. The zero-order valence-corrected chi connectivity index (χ0v) is 14.9. The Hall–Kier alpha value is -0.940. The van der Waals surface area contributed by atoms with Gasteiger partial charge in [-0.05, 0) is 44.5 Å². The van der Waals surface area contributed by atoms with E-state index in [2.05, 4.69) is 25.8 Å². The van der Waals surface area contributed by atoms with E-state index >= 15 is 0 Å². The number of nitrogens with zero attached hydrogens (tertiary/aromatic N) is 1. The summed E-state index contributed by atoms with van der Waals surface area (Å²) < 4.78 is 2.40. The molecule has 2 aromatic heterocycles. The summed E-state index contributed by atoms with van der Waals surface area (Å²) in [7, 11) is 0. The standard InChI is InChI=1S/C16H24N2OS2/c1-5-7-9-12(8-6-2)18-15(19)13-10(3)11(4)21-14(13)17-16(18)20/h12H,5-9H2,1-4H3,(H,17,20). The van der Waals surface area contributed by atoms with Gasteiger partial charge < -0.3 is 4.98 Å².